The molecule has 0 fully saturated rings. The van der Waals surface area contributed by atoms with Crippen LogP contribution >= 0.6 is 11.6 Å². The van der Waals surface area contributed by atoms with E-state index in [9.17, 15) is 5.11 Å². The summed E-state index contributed by atoms with van der Waals surface area (Å²) >= 11 is 6.11. The molecular weight excluding hydrogens is 308 g/mol. The van der Waals surface area contributed by atoms with Gasteiger partial charge < -0.3 is 10.4 Å². The molecule has 0 aliphatic rings. The van der Waals surface area contributed by atoms with Gasteiger partial charge in [0.2, 0.25) is 0 Å². The van der Waals surface area contributed by atoms with E-state index in [1.807, 2.05) is 42.5 Å². The molecule has 3 nitrogen and oxygen atoms in total. The second kappa shape index (κ2) is 7.44. The van der Waals surface area contributed by atoms with E-state index in [0.717, 1.165) is 29.6 Å². The normalized spacial score (nSPS) is 12.3. The number of aromatic nitrogens is 1. The Morgan fingerprint density at radius 1 is 1.09 bits per heavy atom. The lowest BCUT2D eigenvalue weighted by Crippen LogP contribution is -2.14. The van der Waals surface area contributed by atoms with E-state index in [2.05, 4.69) is 22.4 Å². The second-order valence-corrected chi connectivity index (χ2v) is 5.96. The van der Waals surface area contributed by atoms with Gasteiger partial charge in [-0.2, -0.15) is 0 Å². The van der Waals surface area contributed by atoms with Crippen LogP contribution in [0.25, 0.3) is 10.9 Å². The quantitative estimate of drug-likeness (QED) is 0.702. The third kappa shape index (κ3) is 3.81. The van der Waals surface area contributed by atoms with E-state index in [-0.39, 0.29) is 12.5 Å². The summed E-state index contributed by atoms with van der Waals surface area (Å²) in [7, 11) is 0. The number of aliphatic hydroxyl groups excluding tert-OH is 1. The summed E-state index contributed by atoms with van der Waals surface area (Å²) in [5.74, 6) is 0.253. The molecule has 4 heteroatoms. The lowest BCUT2D eigenvalue weighted by molar-refractivity contribution is 0.277. The van der Waals surface area contributed by atoms with Gasteiger partial charge in [-0.3, -0.25) is 4.98 Å². The van der Waals surface area contributed by atoms with Crippen molar-refractivity contribution in [2.75, 3.05) is 18.5 Å². The number of fused-ring (bicyclic) bond motifs is 1. The van der Waals surface area contributed by atoms with Crippen molar-refractivity contribution >= 4 is 28.2 Å². The molecule has 1 heterocycles. The van der Waals surface area contributed by atoms with E-state index in [1.165, 1.54) is 5.56 Å². The predicted octanol–water partition coefficient (Wildman–Crippen LogP) is 4.47. The highest BCUT2D eigenvalue weighted by molar-refractivity contribution is 6.31. The van der Waals surface area contributed by atoms with Gasteiger partial charge in [0, 0.05) is 41.4 Å². The Bertz CT molecular complexity index is 777. The van der Waals surface area contributed by atoms with Crippen LogP contribution in [0.1, 0.15) is 17.9 Å². The van der Waals surface area contributed by atoms with Crippen molar-refractivity contribution in [2.24, 2.45) is 0 Å². The van der Waals surface area contributed by atoms with Gasteiger partial charge in [0.25, 0.3) is 0 Å². The van der Waals surface area contributed by atoms with Crippen molar-refractivity contribution in [3.05, 3.63) is 71.4 Å². The van der Waals surface area contributed by atoms with Crippen LogP contribution in [0.3, 0.4) is 0 Å². The molecule has 0 amide bonds. The zero-order valence-corrected chi connectivity index (χ0v) is 13.5. The maximum absolute atomic E-state index is 9.35. The molecule has 3 aromatic rings. The SMILES string of the molecule is OCCC(CNc1ccnc2ccc(Cl)cc12)c1ccccc1. The van der Waals surface area contributed by atoms with Crippen molar-refractivity contribution < 1.29 is 5.11 Å². The van der Waals surface area contributed by atoms with Crippen molar-refractivity contribution in [3.8, 4) is 0 Å². The minimum atomic E-state index is 0.171. The van der Waals surface area contributed by atoms with Crippen LogP contribution in [0.15, 0.2) is 60.8 Å². The Labute approximate surface area is 140 Å². The second-order valence-electron chi connectivity index (χ2n) is 5.52. The Morgan fingerprint density at radius 3 is 2.70 bits per heavy atom. The van der Waals surface area contributed by atoms with E-state index < -0.39 is 0 Å². The van der Waals surface area contributed by atoms with Gasteiger partial charge >= 0.3 is 0 Å². The number of nitrogens with zero attached hydrogens (tertiary/aromatic N) is 1. The zero-order valence-electron chi connectivity index (χ0n) is 12.7. The number of pyridine rings is 1. The standard InChI is InChI=1S/C19H19ClN2O/c20-16-6-7-18-17(12-16)19(8-10-21-18)22-13-15(9-11-23)14-4-2-1-3-5-14/h1-8,10,12,15,23H,9,11,13H2,(H,21,22). The third-order valence-electron chi connectivity index (χ3n) is 3.99. The molecule has 1 unspecified atom stereocenters. The summed E-state index contributed by atoms with van der Waals surface area (Å²) in [5, 5.41) is 14.5. The average molecular weight is 327 g/mol. The molecule has 0 spiro atoms. The Hall–Kier alpha value is -2.10. The number of hydrogen-bond donors (Lipinski definition) is 2. The number of anilines is 1. The third-order valence-corrected chi connectivity index (χ3v) is 4.23. The Kier molecular flexibility index (Phi) is 5.11. The lowest BCUT2D eigenvalue weighted by atomic mass is 9.96. The van der Waals surface area contributed by atoms with Gasteiger partial charge in [-0.05, 0) is 36.2 Å². The van der Waals surface area contributed by atoms with E-state index >= 15 is 0 Å². The summed E-state index contributed by atoms with van der Waals surface area (Å²) in [6.45, 7) is 0.917. The van der Waals surface area contributed by atoms with Crippen molar-refractivity contribution in [3.63, 3.8) is 0 Å². The topological polar surface area (TPSA) is 45.1 Å². The largest absolute Gasteiger partial charge is 0.396 e. The van der Waals surface area contributed by atoms with E-state index in [4.69, 9.17) is 11.6 Å². The molecule has 23 heavy (non-hydrogen) atoms. The van der Waals surface area contributed by atoms with Gasteiger partial charge in [0.1, 0.15) is 0 Å². The molecule has 0 saturated carbocycles. The molecule has 0 aliphatic heterocycles. The summed E-state index contributed by atoms with van der Waals surface area (Å²) in [6.07, 6.45) is 2.52. The number of aliphatic hydroxyl groups is 1. The minimum Gasteiger partial charge on any atom is -0.396 e. The predicted molar refractivity (Wildman–Crippen MR) is 96.1 cm³/mol. The number of nitrogens with one attached hydrogen (secondary N) is 1. The maximum Gasteiger partial charge on any atom is 0.0723 e. The minimum absolute atomic E-state index is 0.171. The summed E-state index contributed by atoms with van der Waals surface area (Å²) in [4.78, 5) is 4.37. The van der Waals surface area contributed by atoms with Crippen LogP contribution in [0.5, 0.6) is 0 Å². The molecule has 0 aliphatic carbocycles. The molecule has 118 valence electrons. The molecule has 0 radical (unpaired) electrons. The van der Waals surface area contributed by atoms with Gasteiger partial charge in [-0.1, -0.05) is 41.9 Å². The highest BCUT2D eigenvalue weighted by Gasteiger charge is 2.11. The zero-order chi connectivity index (χ0) is 16.1. The summed E-state index contributed by atoms with van der Waals surface area (Å²) < 4.78 is 0. The van der Waals surface area contributed by atoms with Crippen LogP contribution in [0, 0.1) is 0 Å². The molecule has 2 N–H and O–H groups in total. The molecular formula is C19H19ClN2O. The molecule has 2 aromatic carbocycles. The fourth-order valence-electron chi connectivity index (χ4n) is 2.77. The Balaban J connectivity index is 1.82. The molecule has 1 atom stereocenters. The van der Waals surface area contributed by atoms with Crippen LogP contribution < -0.4 is 5.32 Å². The summed E-state index contributed by atoms with van der Waals surface area (Å²) in [6, 6.07) is 17.9. The van der Waals surface area contributed by atoms with E-state index in [1.54, 1.807) is 6.20 Å². The van der Waals surface area contributed by atoms with Gasteiger partial charge in [-0.15, -0.1) is 0 Å². The van der Waals surface area contributed by atoms with Crippen molar-refractivity contribution in [2.45, 2.75) is 12.3 Å². The highest BCUT2D eigenvalue weighted by Crippen LogP contribution is 2.26. The van der Waals surface area contributed by atoms with Crippen molar-refractivity contribution in [1.82, 2.24) is 4.98 Å². The molecule has 0 bridgehead atoms. The van der Waals surface area contributed by atoms with Crippen molar-refractivity contribution in [1.29, 1.82) is 0 Å². The fourth-order valence-corrected chi connectivity index (χ4v) is 2.95. The lowest BCUT2D eigenvalue weighted by Gasteiger charge is -2.18. The highest BCUT2D eigenvalue weighted by atomic mass is 35.5. The van der Waals surface area contributed by atoms with Gasteiger partial charge in [0.15, 0.2) is 0 Å². The first-order valence-electron chi connectivity index (χ1n) is 7.72. The van der Waals surface area contributed by atoms with Crippen LogP contribution in [-0.2, 0) is 0 Å². The molecule has 1 aromatic heterocycles. The van der Waals surface area contributed by atoms with Gasteiger partial charge in [-0.25, -0.2) is 0 Å². The number of rotatable bonds is 6. The monoisotopic (exact) mass is 326 g/mol. The smallest absolute Gasteiger partial charge is 0.0723 e. The molecule has 0 saturated heterocycles. The first kappa shape index (κ1) is 15.8. The number of halogens is 1. The average Bonchev–Trinajstić information content (AvgIpc) is 2.59. The number of hydrogen-bond acceptors (Lipinski definition) is 3. The maximum atomic E-state index is 9.35. The molecule has 3 rings (SSSR count). The van der Waals surface area contributed by atoms with Crippen LogP contribution in [-0.4, -0.2) is 23.2 Å². The Morgan fingerprint density at radius 2 is 1.91 bits per heavy atom. The summed E-state index contributed by atoms with van der Waals surface area (Å²) in [5.41, 5.74) is 3.15. The first-order chi connectivity index (χ1) is 11.3. The van der Waals surface area contributed by atoms with Crippen LogP contribution in [0.2, 0.25) is 5.02 Å². The van der Waals surface area contributed by atoms with E-state index in [0.29, 0.717) is 5.02 Å². The first-order valence-corrected chi connectivity index (χ1v) is 8.09. The van der Waals surface area contributed by atoms with Crippen LogP contribution in [0.4, 0.5) is 5.69 Å². The van der Waals surface area contributed by atoms with Gasteiger partial charge in [0.05, 0.1) is 5.52 Å². The fraction of sp³-hybridized carbons (Fsp3) is 0.211. The number of benzene rings is 2.